The number of hydrazone groups is 1. The topological polar surface area (TPSA) is 67.6 Å². The first kappa shape index (κ1) is 16.7. The van der Waals surface area contributed by atoms with Crippen LogP contribution in [0, 0.1) is 5.92 Å². The van der Waals surface area contributed by atoms with Crippen LogP contribution in [0.15, 0.2) is 53.0 Å². The summed E-state index contributed by atoms with van der Waals surface area (Å²) in [5.74, 6) is 0.402. The van der Waals surface area contributed by atoms with Gasteiger partial charge in [0.05, 0.1) is 12.9 Å². The molecule has 2 aromatic rings. The van der Waals surface area contributed by atoms with Crippen molar-refractivity contribution < 1.29 is 8.42 Å². The van der Waals surface area contributed by atoms with E-state index < -0.39 is 10.0 Å². The summed E-state index contributed by atoms with van der Waals surface area (Å²) in [6, 6.07) is 9.95. The van der Waals surface area contributed by atoms with Gasteiger partial charge in [-0.3, -0.25) is 0 Å². The van der Waals surface area contributed by atoms with Crippen LogP contribution >= 0.6 is 0 Å². The van der Waals surface area contributed by atoms with E-state index in [9.17, 15) is 8.42 Å². The van der Waals surface area contributed by atoms with Gasteiger partial charge in [0, 0.05) is 24.9 Å². The van der Waals surface area contributed by atoms with Crippen LogP contribution in [0.5, 0.6) is 0 Å². The average molecular weight is 346 g/mol. The van der Waals surface area contributed by atoms with Crippen LogP contribution in [0.25, 0.3) is 0 Å². The second-order valence-corrected chi connectivity index (χ2v) is 8.33. The summed E-state index contributed by atoms with van der Waals surface area (Å²) >= 11 is 0. The summed E-state index contributed by atoms with van der Waals surface area (Å²) in [7, 11) is -1.97. The van der Waals surface area contributed by atoms with Gasteiger partial charge in [-0.15, -0.1) is 0 Å². The summed E-state index contributed by atoms with van der Waals surface area (Å²) in [4.78, 5) is 3.98. The van der Waals surface area contributed by atoms with E-state index in [4.69, 9.17) is 0 Å². The minimum Gasteiger partial charge on any atom is -0.339 e. The van der Waals surface area contributed by atoms with Crippen molar-refractivity contribution in [1.82, 2.24) is 14.0 Å². The molecule has 1 aliphatic rings. The molecule has 1 aromatic heterocycles. The second kappa shape index (κ2) is 6.39. The van der Waals surface area contributed by atoms with E-state index in [1.165, 1.54) is 16.9 Å². The average Bonchev–Trinajstić information content (AvgIpc) is 3.15. The number of nitrogens with zero attached hydrogens (tertiary/aromatic N) is 4. The van der Waals surface area contributed by atoms with Crippen molar-refractivity contribution in [2.24, 2.45) is 18.1 Å². The van der Waals surface area contributed by atoms with E-state index in [2.05, 4.69) is 23.9 Å². The largest absolute Gasteiger partial charge is 0.339 e. The van der Waals surface area contributed by atoms with Crippen molar-refractivity contribution >= 4 is 15.7 Å². The van der Waals surface area contributed by atoms with Gasteiger partial charge in [-0.2, -0.15) is 17.9 Å². The van der Waals surface area contributed by atoms with E-state index in [-0.39, 0.29) is 10.9 Å². The lowest BCUT2D eigenvalue weighted by atomic mass is 9.90. The minimum atomic E-state index is -3.71. The number of aromatic nitrogens is 2. The Morgan fingerprint density at radius 2 is 1.96 bits per heavy atom. The monoisotopic (exact) mass is 346 g/mol. The molecule has 1 aliphatic heterocycles. The Labute approximate surface area is 142 Å². The van der Waals surface area contributed by atoms with Gasteiger partial charge in [-0.25, -0.2) is 4.98 Å². The lowest BCUT2D eigenvalue weighted by Gasteiger charge is -2.16. The van der Waals surface area contributed by atoms with Crippen LogP contribution in [0.3, 0.4) is 0 Å². The molecular weight excluding hydrogens is 324 g/mol. The standard InChI is InChI=1S/C17H22N4O2S/c1-13(2)9-16-15(14-7-5-4-6-8-14)10-21(19-16)24(22,23)17-11-20(3)12-18-17/h4-8,11-13,15H,9-10H2,1-3H3. The lowest BCUT2D eigenvalue weighted by molar-refractivity contribution is 0.449. The summed E-state index contributed by atoms with van der Waals surface area (Å²) in [5, 5.41) is 4.49. The van der Waals surface area contributed by atoms with Crippen LogP contribution in [-0.2, 0) is 17.1 Å². The fourth-order valence-corrected chi connectivity index (χ4v) is 4.14. The zero-order valence-electron chi connectivity index (χ0n) is 14.1. The third kappa shape index (κ3) is 3.21. The number of benzene rings is 1. The van der Waals surface area contributed by atoms with Gasteiger partial charge in [0.15, 0.2) is 5.03 Å². The molecule has 0 aliphatic carbocycles. The first-order chi connectivity index (χ1) is 11.4. The molecule has 0 spiro atoms. The molecule has 0 bridgehead atoms. The van der Waals surface area contributed by atoms with E-state index in [0.717, 1.165) is 17.7 Å². The van der Waals surface area contributed by atoms with Crippen molar-refractivity contribution in [3.05, 3.63) is 48.4 Å². The molecule has 1 unspecified atom stereocenters. The lowest BCUT2D eigenvalue weighted by Crippen LogP contribution is -2.26. The highest BCUT2D eigenvalue weighted by Crippen LogP contribution is 2.31. The molecule has 0 amide bonds. The SMILES string of the molecule is CC(C)CC1=NN(S(=O)(=O)c2cn(C)cn2)CC1c1ccccc1. The fraction of sp³-hybridized carbons (Fsp3) is 0.412. The van der Waals surface area contributed by atoms with Gasteiger partial charge in [0.2, 0.25) is 0 Å². The highest BCUT2D eigenvalue weighted by atomic mass is 32.2. The number of hydrogen-bond acceptors (Lipinski definition) is 4. The highest BCUT2D eigenvalue weighted by Gasteiger charge is 2.36. The molecule has 3 rings (SSSR count). The van der Waals surface area contributed by atoms with Gasteiger partial charge in [-0.05, 0) is 17.9 Å². The minimum absolute atomic E-state index is 0.00733. The Kier molecular flexibility index (Phi) is 4.45. The van der Waals surface area contributed by atoms with E-state index >= 15 is 0 Å². The molecule has 128 valence electrons. The smallest absolute Gasteiger partial charge is 0.298 e. The van der Waals surface area contributed by atoms with Crippen LogP contribution in [0.4, 0.5) is 0 Å². The molecular formula is C17H22N4O2S. The third-order valence-corrected chi connectivity index (χ3v) is 5.55. The summed E-state index contributed by atoms with van der Waals surface area (Å²) in [6.45, 7) is 4.55. The molecule has 0 fully saturated rings. The number of rotatable bonds is 5. The van der Waals surface area contributed by atoms with Crippen molar-refractivity contribution in [1.29, 1.82) is 0 Å². The molecule has 1 atom stereocenters. The molecule has 0 N–H and O–H groups in total. The number of imidazole rings is 1. The summed E-state index contributed by atoms with van der Waals surface area (Å²) < 4.78 is 28.4. The predicted molar refractivity (Wildman–Crippen MR) is 93.2 cm³/mol. The maximum Gasteiger partial charge on any atom is 0.298 e. The zero-order chi connectivity index (χ0) is 17.3. The fourth-order valence-electron chi connectivity index (χ4n) is 2.88. The molecule has 7 heteroatoms. The van der Waals surface area contributed by atoms with Gasteiger partial charge in [0.25, 0.3) is 10.0 Å². The van der Waals surface area contributed by atoms with Crippen molar-refractivity contribution in [3.8, 4) is 0 Å². The van der Waals surface area contributed by atoms with Crippen LogP contribution in [-0.4, -0.2) is 34.6 Å². The Morgan fingerprint density at radius 3 is 2.54 bits per heavy atom. The molecule has 2 heterocycles. The molecule has 0 saturated carbocycles. The Bertz CT molecular complexity index is 840. The first-order valence-electron chi connectivity index (χ1n) is 8.01. The zero-order valence-corrected chi connectivity index (χ0v) is 14.9. The molecule has 0 radical (unpaired) electrons. The van der Waals surface area contributed by atoms with E-state index in [1.54, 1.807) is 11.6 Å². The van der Waals surface area contributed by atoms with Gasteiger partial charge < -0.3 is 4.57 Å². The Hall–Kier alpha value is -2.15. The van der Waals surface area contributed by atoms with Gasteiger partial charge in [0.1, 0.15) is 0 Å². The molecule has 6 nitrogen and oxygen atoms in total. The Morgan fingerprint density at radius 1 is 1.25 bits per heavy atom. The van der Waals surface area contributed by atoms with Crippen molar-refractivity contribution in [2.75, 3.05) is 6.54 Å². The normalized spacial score (nSPS) is 18.2. The number of aryl methyl sites for hydroxylation is 1. The summed E-state index contributed by atoms with van der Waals surface area (Å²) in [5.41, 5.74) is 2.01. The van der Waals surface area contributed by atoms with Gasteiger partial charge in [-0.1, -0.05) is 44.2 Å². The molecule has 1 aromatic carbocycles. The second-order valence-electron chi connectivity index (χ2n) is 6.54. The van der Waals surface area contributed by atoms with Crippen molar-refractivity contribution in [2.45, 2.75) is 31.2 Å². The summed E-state index contributed by atoms with van der Waals surface area (Å²) in [6.07, 6.45) is 3.76. The maximum absolute atomic E-state index is 12.8. The van der Waals surface area contributed by atoms with Crippen LogP contribution < -0.4 is 0 Å². The van der Waals surface area contributed by atoms with Crippen LogP contribution in [0.1, 0.15) is 31.7 Å². The highest BCUT2D eigenvalue weighted by molar-refractivity contribution is 7.89. The molecule has 0 saturated heterocycles. The van der Waals surface area contributed by atoms with E-state index in [0.29, 0.717) is 12.5 Å². The van der Waals surface area contributed by atoms with Crippen molar-refractivity contribution in [3.63, 3.8) is 0 Å². The quantitative estimate of drug-likeness (QED) is 0.836. The predicted octanol–water partition coefficient (Wildman–Crippen LogP) is 2.61. The van der Waals surface area contributed by atoms with E-state index in [1.807, 2.05) is 30.3 Å². The van der Waals surface area contributed by atoms with Gasteiger partial charge >= 0.3 is 0 Å². The maximum atomic E-state index is 12.8. The molecule has 24 heavy (non-hydrogen) atoms. The van der Waals surface area contributed by atoms with Crippen LogP contribution in [0.2, 0.25) is 0 Å². The number of hydrogen-bond donors (Lipinski definition) is 0. The number of sulfonamides is 1. The first-order valence-corrected chi connectivity index (χ1v) is 9.45. The third-order valence-electron chi connectivity index (χ3n) is 4.02. The Balaban J connectivity index is 1.95.